The molecule has 0 spiro atoms. The van der Waals surface area contributed by atoms with Gasteiger partial charge in [-0.25, -0.2) is 0 Å². The molecule has 1 amide bonds. The van der Waals surface area contributed by atoms with Gasteiger partial charge in [-0.3, -0.25) is 4.79 Å². The average molecular weight is 325 g/mol. The van der Waals surface area contributed by atoms with Crippen LogP contribution in [0.5, 0.6) is 11.5 Å². The van der Waals surface area contributed by atoms with E-state index in [4.69, 9.17) is 9.47 Å². The molecule has 0 aromatic heterocycles. The molecule has 0 bridgehead atoms. The van der Waals surface area contributed by atoms with E-state index in [9.17, 15) is 4.79 Å². The van der Waals surface area contributed by atoms with Crippen LogP contribution in [0.1, 0.15) is 25.0 Å². The van der Waals surface area contributed by atoms with Crippen molar-refractivity contribution in [2.24, 2.45) is 0 Å². The van der Waals surface area contributed by atoms with Gasteiger partial charge in [0.05, 0.1) is 7.11 Å². The van der Waals surface area contributed by atoms with Crippen LogP contribution < -0.4 is 14.8 Å². The van der Waals surface area contributed by atoms with Gasteiger partial charge in [-0.15, -0.1) is 0 Å². The van der Waals surface area contributed by atoms with Crippen LogP contribution in [0, 0.1) is 6.92 Å². The lowest BCUT2D eigenvalue weighted by molar-refractivity contribution is -0.122. The summed E-state index contributed by atoms with van der Waals surface area (Å²) >= 11 is 0. The molecule has 0 heterocycles. The van der Waals surface area contributed by atoms with Gasteiger partial charge < -0.3 is 14.8 Å². The van der Waals surface area contributed by atoms with Crippen LogP contribution in [-0.4, -0.2) is 19.1 Å². The summed E-state index contributed by atoms with van der Waals surface area (Å²) in [4.78, 5) is 12.3. The second-order valence-electron chi connectivity index (χ2n) is 5.53. The number of rotatable bonds is 6. The molecule has 0 aliphatic rings. The zero-order valence-corrected chi connectivity index (χ0v) is 14.5. The fourth-order valence-electron chi connectivity index (χ4n) is 2.29. The fraction of sp³-hybridized carbons (Fsp3) is 0.250. The molecule has 0 saturated heterocycles. The monoisotopic (exact) mass is 325 g/mol. The minimum absolute atomic E-state index is 0.208. The zero-order valence-electron chi connectivity index (χ0n) is 14.5. The van der Waals surface area contributed by atoms with E-state index in [1.165, 1.54) is 0 Å². The molecule has 2 rings (SSSR count). The van der Waals surface area contributed by atoms with E-state index in [0.29, 0.717) is 11.5 Å². The van der Waals surface area contributed by atoms with Gasteiger partial charge in [0.15, 0.2) is 17.6 Å². The highest BCUT2D eigenvalue weighted by Gasteiger charge is 2.17. The molecule has 0 radical (unpaired) electrons. The number of nitrogens with one attached hydrogen (secondary N) is 1. The number of hydrogen-bond acceptors (Lipinski definition) is 3. The number of anilines is 1. The van der Waals surface area contributed by atoms with E-state index >= 15 is 0 Å². The number of amides is 1. The van der Waals surface area contributed by atoms with Gasteiger partial charge in [0, 0.05) is 5.69 Å². The van der Waals surface area contributed by atoms with E-state index in [0.717, 1.165) is 16.8 Å². The van der Waals surface area contributed by atoms with Gasteiger partial charge in [0.1, 0.15) is 0 Å². The topological polar surface area (TPSA) is 47.6 Å². The van der Waals surface area contributed by atoms with Crippen LogP contribution in [-0.2, 0) is 4.79 Å². The van der Waals surface area contributed by atoms with Crippen molar-refractivity contribution in [3.05, 3.63) is 59.7 Å². The Morgan fingerprint density at radius 3 is 2.62 bits per heavy atom. The minimum atomic E-state index is -0.646. The van der Waals surface area contributed by atoms with Crippen molar-refractivity contribution >= 4 is 17.7 Å². The Labute approximate surface area is 143 Å². The Kier molecular flexibility index (Phi) is 6.01. The highest BCUT2D eigenvalue weighted by Crippen LogP contribution is 2.29. The molecular weight excluding hydrogens is 302 g/mol. The van der Waals surface area contributed by atoms with E-state index in [-0.39, 0.29) is 5.91 Å². The molecule has 0 aliphatic carbocycles. The van der Waals surface area contributed by atoms with Crippen LogP contribution in [0.25, 0.3) is 6.08 Å². The molecule has 2 aromatic rings. The summed E-state index contributed by atoms with van der Waals surface area (Å²) in [5.74, 6) is 0.929. The summed E-state index contributed by atoms with van der Waals surface area (Å²) in [6, 6.07) is 13.3. The number of carbonyl (C=O) groups is 1. The van der Waals surface area contributed by atoms with Crippen molar-refractivity contribution in [1.82, 2.24) is 0 Å². The normalized spacial score (nSPS) is 12.0. The number of benzene rings is 2. The Balaban J connectivity index is 2.08. The third-order valence-electron chi connectivity index (χ3n) is 3.51. The molecule has 4 nitrogen and oxygen atoms in total. The van der Waals surface area contributed by atoms with Gasteiger partial charge in [0.25, 0.3) is 5.91 Å². The van der Waals surface area contributed by atoms with Crippen LogP contribution >= 0.6 is 0 Å². The Bertz CT molecular complexity index is 737. The lowest BCUT2D eigenvalue weighted by Gasteiger charge is -2.17. The predicted octanol–water partition coefficient (Wildman–Crippen LogP) is 4.44. The first-order valence-electron chi connectivity index (χ1n) is 7.88. The predicted molar refractivity (Wildman–Crippen MR) is 97.6 cm³/mol. The van der Waals surface area contributed by atoms with Gasteiger partial charge in [-0.2, -0.15) is 0 Å². The molecule has 1 N–H and O–H groups in total. The van der Waals surface area contributed by atoms with E-state index in [1.54, 1.807) is 14.0 Å². The molecule has 0 fully saturated rings. The van der Waals surface area contributed by atoms with E-state index in [1.807, 2.05) is 68.5 Å². The zero-order chi connectivity index (χ0) is 17.5. The van der Waals surface area contributed by atoms with Crippen molar-refractivity contribution in [2.45, 2.75) is 26.9 Å². The first-order valence-corrected chi connectivity index (χ1v) is 7.88. The molecular formula is C20H23NO3. The molecule has 24 heavy (non-hydrogen) atoms. The summed E-state index contributed by atoms with van der Waals surface area (Å²) < 4.78 is 11.1. The molecule has 0 aliphatic heterocycles. The van der Waals surface area contributed by atoms with Crippen molar-refractivity contribution in [1.29, 1.82) is 0 Å². The van der Waals surface area contributed by atoms with E-state index in [2.05, 4.69) is 5.32 Å². The number of hydrogen-bond donors (Lipinski definition) is 1. The highest BCUT2D eigenvalue weighted by molar-refractivity contribution is 5.94. The maximum absolute atomic E-state index is 12.3. The standard InChI is InChI=1S/C20H23NO3/c1-5-7-16-10-11-18(19(13-16)23-4)24-15(3)20(22)21-17-9-6-8-14(2)12-17/h5-13,15H,1-4H3,(H,21,22)/b7-5+/t15-/m1/s1. The maximum atomic E-state index is 12.3. The molecule has 2 aromatic carbocycles. The largest absolute Gasteiger partial charge is 0.493 e. The molecule has 0 unspecified atom stereocenters. The summed E-state index contributed by atoms with van der Waals surface area (Å²) in [7, 11) is 1.58. The Morgan fingerprint density at radius 1 is 1.17 bits per heavy atom. The number of carbonyl (C=O) groups excluding carboxylic acids is 1. The van der Waals surface area contributed by atoms with Gasteiger partial charge in [-0.05, 0) is 56.2 Å². The van der Waals surface area contributed by atoms with Crippen molar-refractivity contribution < 1.29 is 14.3 Å². The molecule has 1 atom stereocenters. The number of allylic oxidation sites excluding steroid dienone is 1. The number of ether oxygens (including phenoxy) is 2. The van der Waals surface area contributed by atoms with Crippen LogP contribution in [0.4, 0.5) is 5.69 Å². The quantitative estimate of drug-likeness (QED) is 0.854. The second kappa shape index (κ2) is 8.20. The highest BCUT2D eigenvalue weighted by atomic mass is 16.5. The first kappa shape index (κ1) is 17.6. The summed E-state index contributed by atoms with van der Waals surface area (Å²) in [5, 5.41) is 2.86. The lowest BCUT2D eigenvalue weighted by atomic mass is 10.2. The average Bonchev–Trinajstić information content (AvgIpc) is 2.56. The maximum Gasteiger partial charge on any atom is 0.265 e. The second-order valence-corrected chi connectivity index (χ2v) is 5.53. The van der Waals surface area contributed by atoms with Gasteiger partial charge >= 0.3 is 0 Å². The smallest absolute Gasteiger partial charge is 0.265 e. The fourth-order valence-corrected chi connectivity index (χ4v) is 2.29. The summed E-state index contributed by atoms with van der Waals surface area (Å²) in [6.45, 7) is 5.64. The van der Waals surface area contributed by atoms with Crippen LogP contribution in [0.15, 0.2) is 48.5 Å². The Hall–Kier alpha value is -2.75. The molecule has 126 valence electrons. The molecule has 4 heteroatoms. The minimum Gasteiger partial charge on any atom is -0.493 e. The third kappa shape index (κ3) is 4.62. The van der Waals surface area contributed by atoms with Crippen molar-refractivity contribution in [3.63, 3.8) is 0 Å². The summed E-state index contributed by atoms with van der Waals surface area (Å²) in [5.41, 5.74) is 2.85. The van der Waals surface area contributed by atoms with Gasteiger partial charge in [0.2, 0.25) is 0 Å². The summed E-state index contributed by atoms with van der Waals surface area (Å²) in [6.07, 6.45) is 3.28. The number of methoxy groups -OCH3 is 1. The van der Waals surface area contributed by atoms with Crippen LogP contribution in [0.3, 0.4) is 0 Å². The SMILES string of the molecule is C/C=C/c1ccc(O[C@H](C)C(=O)Nc2cccc(C)c2)c(OC)c1. The lowest BCUT2D eigenvalue weighted by Crippen LogP contribution is -2.30. The third-order valence-corrected chi connectivity index (χ3v) is 3.51. The van der Waals surface area contributed by atoms with Crippen molar-refractivity contribution in [3.8, 4) is 11.5 Å². The number of aryl methyl sites for hydroxylation is 1. The van der Waals surface area contributed by atoms with Crippen LogP contribution in [0.2, 0.25) is 0 Å². The van der Waals surface area contributed by atoms with Gasteiger partial charge in [-0.1, -0.05) is 30.4 Å². The first-order chi connectivity index (χ1) is 11.5. The molecule has 0 saturated carbocycles. The van der Waals surface area contributed by atoms with Crippen molar-refractivity contribution in [2.75, 3.05) is 12.4 Å². The Morgan fingerprint density at radius 2 is 1.96 bits per heavy atom. The van der Waals surface area contributed by atoms with E-state index < -0.39 is 6.10 Å².